The number of rotatable bonds is 4. The van der Waals surface area contributed by atoms with Crippen molar-refractivity contribution in [1.82, 2.24) is 0 Å². The number of hydrogen-bond donors (Lipinski definition) is 1. The van der Waals surface area contributed by atoms with E-state index in [0.717, 1.165) is 18.4 Å². The van der Waals surface area contributed by atoms with Gasteiger partial charge in [0, 0.05) is 6.04 Å². The Hall–Kier alpha value is -0.930. The maximum absolute atomic E-state index is 13.3. The Labute approximate surface area is 115 Å². The van der Waals surface area contributed by atoms with Crippen LogP contribution in [-0.4, -0.2) is 12.1 Å². The summed E-state index contributed by atoms with van der Waals surface area (Å²) in [6.45, 7) is 1.92. The predicted octanol–water partition coefficient (Wildman–Crippen LogP) is 3.95. The molecule has 106 valence electrons. The molecule has 0 aliphatic heterocycles. The lowest BCUT2D eigenvalue weighted by molar-refractivity contribution is -0.0310. The molecular weight excluding hydrogens is 241 g/mol. The Morgan fingerprint density at radius 1 is 1.21 bits per heavy atom. The fourth-order valence-electron chi connectivity index (χ4n) is 2.77. The van der Waals surface area contributed by atoms with Crippen LogP contribution in [0.15, 0.2) is 24.3 Å². The summed E-state index contributed by atoms with van der Waals surface area (Å²) in [6, 6.07) is 6.47. The SMILES string of the molecule is CC(N)C(OC1CCCCCC1)c1cccc(F)c1. The minimum absolute atomic E-state index is 0.134. The van der Waals surface area contributed by atoms with Crippen LogP contribution in [0.1, 0.15) is 57.1 Å². The first-order valence-electron chi connectivity index (χ1n) is 7.33. The van der Waals surface area contributed by atoms with Crippen molar-refractivity contribution in [2.75, 3.05) is 0 Å². The lowest BCUT2D eigenvalue weighted by atomic mass is 10.0. The van der Waals surface area contributed by atoms with Crippen LogP contribution >= 0.6 is 0 Å². The van der Waals surface area contributed by atoms with E-state index in [4.69, 9.17) is 10.5 Å². The van der Waals surface area contributed by atoms with E-state index in [1.807, 2.05) is 13.0 Å². The molecule has 2 N–H and O–H groups in total. The molecule has 2 rings (SSSR count). The minimum atomic E-state index is -0.229. The highest BCUT2D eigenvalue weighted by molar-refractivity contribution is 5.20. The topological polar surface area (TPSA) is 35.2 Å². The van der Waals surface area contributed by atoms with Crippen LogP contribution in [-0.2, 0) is 4.74 Å². The summed E-state index contributed by atoms with van der Waals surface area (Å²) in [6.07, 6.45) is 7.28. The molecule has 1 fully saturated rings. The Balaban J connectivity index is 2.07. The molecule has 1 aromatic carbocycles. The molecule has 0 saturated heterocycles. The molecule has 1 saturated carbocycles. The minimum Gasteiger partial charge on any atom is -0.369 e. The largest absolute Gasteiger partial charge is 0.369 e. The number of nitrogens with two attached hydrogens (primary N) is 1. The number of hydrogen-bond acceptors (Lipinski definition) is 2. The molecule has 0 radical (unpaired) electrons. The number of benzene rings is 1. The second kappa shape index (κ2) is 7.01. The van der Waals surface area contributed by atoms with Crippen molar-refractivity contribution < 1.29 is 9.13 Å². The standard InChI is InChI=1S/C16H24FNO/c1-12(18)16(13-7-6-8-14(17)11-13)19-15-9-4-2-3-5-10-15/h6-8,11-12,15-16H,2-5,9-10,18H2,1H3. The third kappa shape index (κ3) is 4.29. The summed E-state index contributed by atoms with van der Waals surface area (Å²) in [5.74, 6) is -0.229. The van der Waals surface area contributed by atoms with E-state index in [9.17, 15) is 4.39 Å². The van der Waals surface area contributed by atoms with E-state index >= 15 is 0 Å². The van der Waals surface area contributed by atoms with Crippen LogP contribution in [0.3, 0.4) is 0 Å². The van der Waals surface area contributed by atoms with Crippen molar-refractivity contribution in [3.8, 4) is 0 Å². The summed E-state index contributed by atoms with van der Waals surface area (Å²) in [5.41, 5.74) is 6.87. The molecule has 2 unspecified atom stereocenters. The molecular formula is C16H24FNO. The number of halogens is 1. The summed E-state index contributed by atoms with van der Waals surface area (Å²) >= 11 is 0. The van der Waals surface area contributed by atoms with Gasteiger partial charge in [0.05, 0.1) is 12.2 Å². The maximum atomic E-state index is 13.3. The quantitative estimate of drug-likeness (QED) is 0.836. The summed E-state index contributed by atoms with van der Waals surface area (Å²) < 4.78 is 19.5. The molecule has 0 bridgehead atoms. The van der Waals surface area contributed by atoms with E-state index in [1.165, 1.54) is 37.8 Å². The first kappa shape index (κ1) is 14.5. The van der Waals surface area contributed by atoms with Gasteiger partial charge in [-0.25, -0.2) is 4.39 Å². The lowest BCUT2D eigenvalue weighted by Crippen LogP contribution is -2.30. The zero-order valence-electron chi connectivity index (χ0n) is 11.6. The van der Waals surface area contributed by atoms with Crippen molar-refractivity contribution in [3.05, 3.63) is 35.6 Å². The normalized spacial score (nSPS) is 20.8. The van der Waals surface area contributed by atoms with E-state index < -0.39 is 0 Å². The molecule has 0 heterocycles. The van der Waals surface area contributed by atoms with Gasteiger partial charge >= 0.3 is 0 Å². The third-order valence-electron chi connectivity index (χ3n) is 3.80. The van der Waals surface area contributed by atoms with Gasteiger partial charge in [0.15, 0.2) is 0 Å². The highest BCUT2D eigenvalue weighted by Crippen LogP contribution is 2.28. The predicted molar refractivity (Wildman–Crippen MR) is 75.4 cm³/mol. The van der Waals surface area contributed by atoms with E-state index in [2.05, 4.69) is 0 Å². The fourth-order valence-corrected chi connectivity index (χ4v) is 2.77. The van der Waals surface area contributed by atoms with Gasteiger partial charge in [-0.1, -0.05) is 37.8 Å². The van der Waals surface area contributed by atoms with Crippen LogP contribution in [0.25, 0.3) is 0 Å². The molecule has 2 atom stereocenters. The van der Waals surface area contributed by atoms with E-state index in [0.29, 0.717) is 0 Å². The van der Waals surface area contributed by atoms with Crippen molar-refractivity contribution in [3.63, 3.8) is 0 Å². The van der Waals surface area contributed by atoms with Gasteiger partial charge in [-0.15, -0.1) is 0 Å². The van der Waals surface area contributed by atoms with Crippen LogP contribution in [0, 0.1) is 5.82 Å². The average molecular weight is 265 g/mol. The number of ether oxygens (including phenoxy) is 1. The van der Waals surface area contributed by atoms with Gasteiger partial charge < -0.3 is 10.5 Å². The maximum Gasteiger partial charge on any atom is 0.123 e. The van der Waals surface area contributed by atoms with Gasteiger partial charge in [0.2, 0.25) is 0 Å². The Morgan fingerprint density at radius 2 is 1.89 bits per heavy atom. The smallest absolute Gasteiger partial charge is 0.123 e. The van der Waals surface area contributed by atoms with Crippen LogP contribution in [0.5, 0.6) is 0 Å². The second-order valence-corrected chi connectivity index (χ2v) is 5.58. The molecule has 0 spiro atoms. The van der Waals surface area contributed by atoms with Gasteiger partial charge in [-0.2, -0.15) is 0 Å². The molecule has 1 aliphatic rings. The summed E-state index contributed by atoms with van der Waals surface area (Å²) in [5, 5.41) is 0. The van der Waals surface area contributed by atoms with Gasteiger partial charge in [0.25, 0.3) is 0 Å². The second-order valence-electron chi connectivity index (χ2n) is 5.58. The summed E-state index contributed by atoms with van der Waals surface area (Å²) in [4.78, 5) is 0. The van der Waals surface area contributed by atoms with Crippen LogP contribution in [0.2, 0.25) is 0 Å². The van der Waals surface area contributed by atoms with Crippen molar-refractivity contribution >= 4 is 0 Å². The van der Waals surface area contributed by atoms with Crippen molar-refractivity contribution in [2.45, 2.75) is 63.7 Å². The van der Waals surface area contributed by atoms with E-state index in [1.54, 1.807) is 6.07 Å². The Bertz CT molecular complexity index is 386. The van der Waals surface area contributed by atoms with Crippen molar-refractivity contribution in [1.29, 1.82) is 0 Å². The van der Waals surface area contributed by atoms with E-state index in [-0.39, 0.29) is 24.1 Å². The lowest BCUT2D eigenvalue weighted by Gasteiger charge is -2.27. The molecule has 19 heavy (non-hydrogen) atoms. The van der Waals surface area contributed by atoms with Gasteiger partial charge in [-0.3, -0.25) is 0 Å². The van der Waals surface area contributed by atoms with Gasteiger partial charge in [0.1, 0.15) is 5.82 Å². The fraction of sp³-hybridized carbons (Fsp3) is 0.625. The van der Waals surface area contributed by atoms with Gasteiger partial charge in [-0.05, 0) is 37.5 Å². The molecule has 0 amide bonds. The highest BCUT2D eigenvalue weighted by Gasteiger charge is 2.23. The molecule has 3 heteroatoms. The average Bonchev–Trinajstić information content (AvgIpc) is 2.64. The van der Waals surface area contributed by atoms with Crippen LogP contribution in [0.4, 0.5) is 4.39 Å². The van der Waals surface area contributed by atoms with Crippen LogP contribution < -0.4 is 5.73 Å². The molecule has 0 aromatic heterocycles. The zero-order valence-corrected chi connectivity index (χ0v) is 11.6. The monoisotopic (exact) mass is 265 g/mol. The Morgan fingerprint density at radius 3 is 2.47 bits per heavy atom. The first-order chi connectivity index (χ1) is 9.16. The van der Waals surface area contributed by atoms with Crippen molar-refractivity contribution in [2.24, 2.45) is 5.73 Å². The molecule has 1 aromatic rings. The molecule has 2 nitrogen and oxygen atoms in total. The highest BCUT2D eigenvalue weighted by atomic mass is 19.1. The first-order valence-corrected chi connectivity index (χ1v) is 7.33. The Kier molecular flexibility index (Phi) is 5.34. The molecule has 1 aliphatic carbocycles. The zero-order chi connectivity index (χ0) is 13.7. The summed E-state index contributed by atoms with van der Waals surface area (Å²) in [7, 11) is 0. The third-order valence-corrected chi connectivity index (χ3v) is 3.80.